The van der Waals surface area contributed by atoms with E-state index >= 15 is 0 Å². The largest absolute Gasteiger partial charge is 0.370 e. The van der Waals surface area contributed by atoms with E-state index in [9.17, 15) is 4.79 Å². The van der Waals surface area contributed by atoms with Crippen LogP contribution in [0.4, 0.5) is 5.69 Å². The lowest BCUT2D eigenvalue weighted by Gasteiger charge is -2.31. The number of aromatic amines is 1. The van der Waals surface area contributed by atoms with Gasteiger partial charge in [-0.1, -0.05) is 19.3 Å². The summed E-state index contributed by atoms with van der Waals surface area (Å²) in [6, 6.07) is 8.03. The number of fused-ring (bicyclic) bond motifs is 1. The highest BCUT2D eigenvalue weighted by Gasteiger charge is 2.27. The third kappa shape index (κ3) is 3.34. The van der Waals surface area contributed by atoms with Crippen molar-refractivity contribution in [1.82, 2.24) is 9.88 Å². The molecule has 0 amide bonds. The minimum Gasteiger partial charge on any atom is -0.370 e. The van der Waals surface area contributed by atoms with Gasteiger partial charge in [0.1, 0.15) is 0 Å². The van der Waals surface area contributed by atoms with Crippen LogP contribution in [-0.2, 0) is 0 Å². The van der Waals surface area contributed by atoms with Gasteiger partial charge in [0.15, 0.2) is 0 Å². The number of aromatic nitrogens is 1. The summed E-state index contributed by atoms with van der Waals surface area (Å²) in [7, 11) is 0. The number of hydrogen-bond acceptors (Lipinski definition) is 3. The number of pyridine rings is 1. The van der Waals surface area contributed by atoms with Gasteiger partial charge in [0, 0.05) is 30.4 Å². The zero-order valence-electron chi connectivity index (χ0n) is 14.3. The Morgan fingerprint density at radius 1 is 1.08 bits per heavy atom. The Bertz CT molecular complexity index is 748. The Labute approximate surface area is 143 Å². The van der Waals surface area contributed by atoms with Crippen LogP contribution >= 0.6 is 0 Å². The van der Waals surface area contributed by atoms with Crippen LogP contribution in [0.3, 0.4) is 0 Å². The van der Waals surface area contributed by atoms with Crippen LogP contribution < -0.4 is 10.9 Å². The molecule has 2 heterocycles. The van der Waals surface area contributed by atoms with Crippen LogP contribution in [0, 0.1) is 5.92 Å². The molecule has 2 N–H and O–H groups in total. The molecule has 4 rings (SSSR count). The van der Waals surface area contributed by atoms with Crippen molar-refractivity contribution in [3.8, 4) is 0 Å². The predicted molar refractivity (Wildman–Crippen MR) is 99.4 cm³/mol. The molecule has 4 nitrogen and oxygen atoms in total. The number of hydrogen-bond donors (Lipinski definition) is 2. The van der Waals surface area contributed by atoms with Crippen LogP contribution in [0.15, 0.2) is 35.3 Å². The molecule has 1 aliphatic heterocycles. The second-order valence-corrected chi connectivity index (χ2v) is 7.41. The lowest BCUT2D eigenvalue weighted by Crippen LogP contribution is -2.39. The van der Waals surface area contributed by atoms with Crippen LogP contribution in [0.1, 0.15) is 44.9 Å². The Kier molecular flexibility index (Phi) is 4.56. The quantitative estimate of drug-likeness (QED) is 0.895. The van der Waals surface area contributed by atoms with Gasteiger partial charge in [0.25, 0.3) is 5.56 Å². The van der Waals surface area contributed by atoms with Gasteiger partial charge in [0.05, 0.1) is 6.17 Å². The molecule has 2 fully saturated rings. The molecule has 1 unspecified atom stereocenters. The molecule has 2 aliphatic rings. The molecule has 0 bridgehead atoms. The molecule has 1 saturated carbocycles. The minimum absolute atomic E-state index is 0.0150. The van der Waals surface area contributed by atoms with Gasteiger partial charge in [-0.2, -0.15) is 0 Å². The van der Waals surface area contributed by atoms with Gasteiger partial charge in [-0.25, -0.2) is 0 Å². The van der Waals surface area contributed by atoms with Gasteiger partial charge in [0.2, 0.25) is 0 Å². The highest BCUT2D eigenvalue weighted by atomic mass is 16.1. The van der Waals surface area contributed by atoms with Gasteiger partial charge >= 0.3 is 0 Å². The van der Waals surface area contributed by atoms with Gasteiger partial charge in [-0.15, -0.1) is 0 Å². The van der Waals surface area contributed by atoms with E-state index in [1.807, 2.05) is 18.2 Å². The summed E-state index contributed by atoms with van der Waals surface area (Å²) in [5.74, 6) is 0.885. The van der Waals surface area contributed by atoms with E-state index in [1.54, 1.807) is 6.20 Å². The topological polar surface area (TPSA) is 48.1 Å². The first-order chi connectivity index (χ1) is 11.8. The van der Waals surface area contributed by atoms with Crippen molar-refractivity contribution in [1.29, 1.82) is 0 Å². The fourth-order valence-electron chi connectivity index (χ4n) is 4.38. The van der Waals surface area contributed by atoms with Crippen molar-refractivity contribution in [2.24, 2.45) is 5.92 Å². The van der Waals surface area contributed by atoms with E-state index in [2.05, 4.69) is 21.3 Å². The lowest BCUT2D eigenvalue weighted by atomic mass is 9.89. The lowest BCUT2D eigenvalue weighted by molar-refractivity contribution is 0.200. The van der Waals surface area contributed by atoms with Crippen LogP contribution in [0.2, 0.25) is 0 Å². The number of benzene rings is 1. The number of rotatable bonds is 4. The smallest absolute Gasteiger partial charge is 0.255 e. The first kappa shape index (κ1) is 15.7. The Hall–Kier alpha value is -1.81. The molecule has 1 atom stereocenters. The molecule has 0 radical (unpaired) electrons. The van der Waals surface area contributed by atoms with Crippen molar-refractivity contribution in [2.45, 2.75) is 51.1 Å². The normalized spacial score (nSPS) is 22.9. The van der Waals surface area contributed by atoms with E-state index in [1.165, 1.54) is 58.0 Å². The summed E-state index contributed by atoms with van der Waals surface area (Å²) in [6.07, 6.45) is 11.7. The minimum atomic E-state index is -0.0150. The number of likely N-dealkylation sites (tertiary alicyclic amines) is 1. The third-order valence-corrected chi connectivity index (χ3v) is 5.69. The predicted octanol–water partition coefficient (Wildman–Crippen LogP) is 3.94. The van der Waals surface area contributed by atoms with Gasteiger partial charge in [-0.05, 0) is 61.3 Å². The zero-order chi connectivity index (χ0) is 16.4. The zero-order valence-corrected chi connectivity index (χ0v) is 14.3. The summed E-state index contributed by atoms with van der Waals surface area (Å²) in [6.45, 7) is 2.45. The standard InChI is InChI=1S/C20H27N3O/c24-20-18-9-8-17(13-16(18)10-11-21-20)22-19-7-4-12-23(19)14-15-5-2-1-3-6-15/h8-11,13,15,19,22H,1-7,12,14H2,(H,21,24). The first-order valence-corrected chi connectivity index (χ1v) is 9.42. The van der Waals surface area contributed by atoms with E-state index in [0.29, 0.717) is 6.17 Å². The Morgan fingerprint density at radius 2 is 1.96 bits per heavy atom. The molecule has 1 saturated heterocycles. The molecule has 1 aliphatic carbocycles. The van der Waals surface area contributed by atoms with Gasteiger partial charge in [-0.3, -0.25) is 9.69 Å². The van der Waals surface area contributed by atoms with Gasteiger partial charge < -0.3 is 10.3 Å². The molecular weight excluding hydrogens is 298 g/mol. The second-order valence-electron chi connectivity index (χ2n) is 7.41. The molecule has 1 aromatic heterocycles. The molecule has 1 aromatic carbocycles. The van der Waals surface area contributed by atoms with Crippen molar-refractivity contribution in [3.05, 3.63) is 40.8 Å². The maximum absolute atomic E-state index is 11.8. The average Bonchev–Trinajstić information content (AvgIpc) is 3.03. The highest BCUT2D eigenvalue weighted by molar-refractivity contribution is 5.84. The maximum Gasteiger partial charge on any atom is 0.255 e. The maximum atomic E-state index is 11.8. The van der Waals surface area contributed by atoms with Crippen molar-refractivity contribution >= 4 is 16.5 Å². The first-order valence-electron chi connectivity index (χ1n) is 9.42. The van der Waals surface area contributed by atoms with Crippen molar-refractivity contribution in [2.75, 3.05) is 18.4 Å². The summed E-state index contributed by atoms with van der Waals surface area (Å²) in [5.41, 5.74) is 1.10. The summed E-state index contributed by atoms with van der Waals surface area (Å²) in [4.78, 5) is 17.2. The summed E-state index contributed by atoms with van der Waals surface area (Å²) >= 11 is 0. The van der Waals surface area contributed by atoms with Crippen molar-refractivity contribution < 1.29 is 0 Å². The molecule has 0 spiro atoms. The summed E-state index contributed by atoms with van der Waals surface area (Å²) < 4.78 is 0. The molecular formula is C20H27N3O. The number of anilines is 1. The fraction of sp³-hybridized carbons (Fsp3) is 0.550. The Morgan fingerprint density at radius 3 is 2.83 bits per heavy atom. The molecule has 24 heavy (non-hydrogen) atoms. The average molecular weight is 325 g/mol. The van der Waals surface area contributed by atoms with E-state index in [0.717, 1.165) is 22.4 Å². The summed E-state index contributed by atoms with van der Waals surface area (Å²) in [5, 5.41) is 5.46. The number of H-pyrrole nitrogens is 1. The fourth-order valence-corrected chi connectivity index (χ4v) is 4.38. The Balaban J connectivity index is 1.46. The second kappa shape index (κ2) is 6.98. The van der Waals surface area contributed by atoms with E-state index in [-0.39, 0.29) is 5.56 Å². The molecule has 2 aromatic rings. The highest BCUT2D eigenvalue weighted by Crippen LogP contribution is 2.28. The van der Waals surface area contributed by atoms with Crippen molar-refractivity contribution in [3.63, 3.8) is 0 Å². The van der Waals surface area contributed by atoms with Crippen LogP contribution in [0.25, 0.3) is 10.8 Å². The molecule has 128 valence electrons. The number of nitrogens with zero attached hydrogens (tertiary/aromatic N) is 1. The van der Waals surface area contributed by atoms with E-state index in [4.69, 9.17) is 0 Å². The van der Waals surface area contributed by atoms with Crippen LogP contribution in [-0.4, -0.2) is 29.1 Å². The monoisotopic (exact) mass is 325 g/mol. The SMILES string of the molecule is O=c1[nH]ccc2cc(NC3CCCN3CC3CCCCC3)ccc12. The van der Waals surface area contributed by atoms with Crippen LogP contribution in [0.5, 0.6) is 0 Å². The van der Waals surface area contributed by atoms with E-state index < -0.39 is 0 Å². The third-order valence-electron chi connectivity index (χ3n) is 5.69. The molecule has 4 heteroatoms. The number of nitrogens with one attached hydrogen (secondary N) is 2.